The van der Waals surface area contributed by atoms with Gasteiger partial charge < -0.3 is 14.2 Å². The lowest BCUT2D eigenvalue weighted by Gasteiger charge is -2.44. The van der Waals surface area contributed by atoms with E-state index in [4.69, 9.17) is 14.2 Å². The highest BCUT2D eigenvalue weighted by atomic mass is 16.5. The van der Waals surface area contributed by atoms with E-state index in [-0.39, 0.29) is 5.60 Å². The minimum absolute atomic E-state index is 0.0660. The average Bonchev–Trinajstić information content (AvgIpc) is 3.36. The lowest BCUT2D eigenvalue weighted by Crippen LogP contribution is -2.47. The molecular weight excluding hydrogens is 314 g/mol. The SMILES string of the molecule is COc1cc2c(cc1OC1CC1)CCN1CC(OC(C)(C)C)CCC21. The van der Waals surface area contributed by atoms with Crippen LogP contribution in [0.25, 0.3) is 0 Å². The van der Waals surface area contributed by atoms with Gasteiger partial charge in [-0.2, -0.15) is 0 Å². The molecule has 0 radical (unpaired) electrons. The smallest absolute Gasteiger partial charge is 0.161 e. The van der Waals surface area contributed by atoms with Crippen molar-refractivity contribution in [3.8, 4) is 11.5 Å². The van der Waals surface area contributed by atoms with Crippen LogP contribution in [0.2, 0.25) is 0 Å². The van der Waals surface area contributed by atoms with Gasteiger partial charge in [0, 0.05) is 19.1 Å². The third-order valence-electron chi connectivity index (χ3n) is 5.43. The largest absolute Gasteiger partial charge is 0.493 e. The van der Waals surface area contributed by atoms with E-state index >= 15 is 0 Å². The second-order valence-electron chi connectivity index (χ2n) is 8.71. The molecule has 2 unspecified atom stereocenters. The summed E-state index contributed by atoms with van der Waals surface area (Å²) in [7, 11) is 1.75. The zero-order chi connectivity index (χ0) is 17.6. The van der Waals surface area contributed by atoms with Gasteiger partial charge in [-0.05, 0) is 76.1 Å². The summed E-state index contributed by atoms with van der Waals surface area (Å²) in [5.74, 6) is 1.82. The van der Waals surface area contributed by atoms with Crippen LogP contribution in [0, 0.1) is 0 Å². The highest BCUT2D eigenvalue weighted by molar-refractivity contribution is 5.50. The summed E-state index contributed by atoms with van der Waals surface area (Å²) in [6, 6.07) is 4.96. The van der Waals surface area contributed by atoms with Gasteiger partial charge in [-0.25, -0.2) is 0 Å². The van der Waals surface area contributed by atoms with Crippen molar-refractivity contribution in [3.63, 3.8) is 0 Å². The molecule has 0 amide bonds. The predicted octanol–water partition coefficient (Wildman–Crippen LogP) is 4.11. The number of fused-ring (bicyclic) bond motifs is 3. The Balaban J connectivity index is 1.53. The molecule has 1 aliphatic carbocycles. The van der Waals surface area contributed by atoms with E-state index in [0.717, 1.165) is 43.9 Å². The van der Waals surface area contributed by atoms with E-state index in [1.54, 1.807) is 7.11 Å². The molecule has 2 heterocycles. The van der Waals surface area contributed by atoms with Crippen molar-refractivity contribution in [2.24, 2.45) is 0 Å². The maximum atomic E-state index is 6.24. The van der Waals surface area contributed by atoms with Crippen LogP contribution in [-0.2, 0) is 11.2 Å². The Morgan fingerprint density at radius 1 is 1.00 bits per heavy atom. The monoisotopic (exact) mass is 345 g/mol. The number of rotatable bonds is 4. The Bertz CT molecular complexity index is 633. The summed E-state index contributed by atoms with van der Waals surface area (Å²) in [5, 5.41) is 0. The first kappa shape index (κ1) is 17.2. The zero-order valence-corrected chi connectivity index (χ0v) is 16.0. The van der Waals surface area contributed by atoms with Gasteiger partial charge >= 0.3 is 0 Å². The van der Waals surface area contributed by atoms with Gasteiger partial charge in [0.25, 0.3) is 0 Å². The fourth-order valence-corrected chi connectivity index (χ4v) is 4.23. The molecule has 0 aromatic heterocycles. The number of nitrogens with zero attached hydrogens (tertiary/aromatic N) is 1. The summed E-state index contributed by atoms with van der Waals surface area (Å²) in [6.45, 7) is 8.59. The number of benzene rings is 1. The minimum atomic E-state index is -0.0660. The number of methoxy groups -OCH3 is 1. The fraction of sp³-hybridized carbons (Fsp3) is 0.714. The molecule has 4 rings (SSSR count). The first-order valence-electron chi connectivity index (χ1n) is 9.72. The summed E-state index contributed by atoms with van der Waals surface area (Å²) < 4.78 is 17.9. The number of hydrogen-bond acceptors (Lipinski definition) is 4. The number of piperidine rings is 1. The normalized spacial score (nSPS) is 26.7. The first-order valence-corrected chi connectivity index (χ1v) is 9.72. The highest BCUT2D eigenvalue weighted by Gasteiger charge is 2.36. The van der Waals surface area contributed by atoms with E-state index in [9.17, 15) is 0 Å². The number of hydrogen-bond donors (Lipinski definition) is 0. The van der Waals surface area contributed by atoms with Gasteiger partial charge in [0.15, 0.2) is 11.5 Å². The van der Waals surface area contributed by atoms with Gasteiger partial charge in [-0.15, -0.1) is 0 Å². The molecule has 2 aliphatic heterocycles. The summed E-state index contributed by atoms with van der Waals surface area (Å²) in [6.07, 6.45) is 6.45. The topological polar surface area (TPSA) is 30.9 Å². The quantitative estimate of drug-likeness (QED) is 0.822. The van der Waals surface area contributed by atoms with E-state index in [1.807, 2.05) is 0 Å². The van der Waals surface area contributed by atoms with Crippen molar-refractivity contribution in [2.45, 2.75) is 76.7 Å². The van der Waals surface area contributed by atoms with E-state index in [0.29, 0.717) is 18.2 Å². The summed E-state index contributed by atoms with van der Waals surface area (Å²) in [4.78, 5) is 2.60. The van der Waals surface area contributed by atoms with Crippen LogP contribution in [0.5, 0.6) is 11.5 Å². The molecule has 0 spiro atoms. The second-order valence-corrected chi connectivity index (χ2v) is 8.71. The Kier molecular flexibility index (Phi) is 4.45. The van der Waals surface area contributed by atoms with Crippen molar-refractivity contribution in [1.29, 1.82) is 0 Å². The molecule has 4 nitrogen and oxygen atoms in total. The molecule has 1 aromatic carbocycles. The Labute approximate surface area is 151 Å². The Hall–Kier alpha value is -1.26. The molecule has 1 saturated carbocycles. The lowest BCUT2D eigenvalue weighted by atomic mass is 9.85. The van der Waals surface area contributed by atoms with Crippen LogP contribution in [0.4, 0.5) is 0 Å². The standard InChI is InChI=1S/C21H31NO3/c1-21(2,3)25-16-7-8-18-17-12-19(23-4)20(24-15-5-6-15)11-14(17)9-10-22(18)13-16/h11-12,15-16,18H,5-10,13H2,1-4H3. The van der Waals surface area contributed by atoms with Crippen molar-refractivity contribution in [1.82, 2.24) is 4.90 Å². The minimum Gasteiger partial charge on any atom is -0.493 e. The third kappa shape index (κ3) is 3.80. The van der Waals surface area contributed by atoms with Crippen LogP contribution in [0.3, 0.4) is 0 Å². The van der Waals surface area contributed by atoms with E-state index in [1.165, 1.54) is 24.0 Å². The molecule has 1 saturated heterocycles. The third-order valence-corrected chi connectivity index (χ3v) is 5.43. The molecule has 0 N–H and O–H groups in total. The Morgan fingerprint density at radius 2 is 1.76 bits per heavy atom. The highest BCUT2D eigenvalue weighted by Crippen LogP contribution is 2.43. The van der Waals surface area contributed by atoms with E-state index < -0.39 is 0 Å². The molecule has 2 atom stereocenters. The van der Waals surface area contributed by atoms with Gasteiger partial charge in [0.05, 0.1) is 24.9 Å². The summed E-state index contributed by atoms with van der Waals surface area (Å²) >= 11 is 0. The molecule has 25 heavy (non-hydrogen) atoms. The molecule has 0 bridgehead atoms. The van der Waals surface area contributed by atoms with Crippen LogP contribution in [0.1, 0.15) is 63.6 Å². The first-order chi connectivity index (χ1) is 11.9. The van der Waals surface area contributed by atoms with Crippen molar-refractivity contribution >= 4 is 0 Å². The molecule has 3 aliphatic rings. The zero-order valence-electron chi connectivity index (χ0n) is 16.0. The number of ether oxygens (including phenoxy) is 3. The Morgan fingerprint density at radius 3 is 2.44 bits per heavy atom. The van der Waals surface area contributed by atoms with Crippen LogP contribution in [0.15, 0.2) is 12.1 Å². The molecule has 2 fully saturated rings. The molecular formula is C21H31NO3. The average molecular weight is 345 g/mol. The van der Waals surface area contributed by atoms with Crippen molar-refractivity contribution in [2.75, 3.05) is 20.2 Å². The van der Waals surface area contributed by atoms with E-state index in [2.05, 4.69) is 37.8 Å². The lowest BCUT2D eigenvalue weighted by molar-refractivity contribution is -0.0971. The predicted molar refractivity (Wildman–Crippen MR) is 98.5 cm³/mol. The molecule has 4 heteroatoms. The second kappa shape index (κ2) is 6.48. The maximum Gasteiger partial charge on any atom is 0.161 e. The fourth-order valence-electron chi connectivity index (χ4n) is 4.23. The summed E-state index contributed by atoms with van der Waals surface area (Å²) in [5.41, 5.74) is 2.80. The van der Waals surface area contributed by atoms with Gasteiger partial charge in [-0.3, -0.25) is 4.90 Å². The van der Waals surface area contributed by atoms with Gasteiger partial charge in [0.2, 0.25) is 0 Å². The van der Waals surface area contributed by atoms with Crippen LogP contribution < -0.4 is 9.47 Å². The van der Waals surface area contributed by atoms with Crippen LogP contribution in [-0.4, -0.2) is 42.9 Å². The van der Waals surface area contributed by atoms with Crippen molar-refractivity contribution < 1.29 is 14.2 Å². The molecule has 1 aromatic rings. The van der Waals surface area contributed by atoms with Gasteiger partial charge in [-0.1, -0.05) is 0 Å². The van der Waals surface area contributed by atoms with Crippen LogP contribution >= 0.6 is 0 Å². The van der Waals surface area contributed by atoms with Gasteiger partial charge in [0.1, 0.15) is 0 Å². The molecule has 138 valence electrons. The van der Waals surface area contributed by atoms with Crippen molar-refractivity contribution in [3.05, 3.63) is 23.3 Å². The maximum absolute atomic E-state index is 6.24.